The van der Waals surface area contributed by atoms with Crippen molar-refractivity contribution in [1.29, 1.82) is 0 Å². The normalized spacial score (nSPS) is 18.8. The minimum absolute atomic E-state index is 0.0556. The van der Waals surface area contributed by atoms with E-state index >= 15 is 0 Å². The SMILES string of the molecule is COCCC(OCC1CCCCN1)c1ccccc1-c1ccccc1. The molecule has 1 heterocycles. The molecule has 1 N–H and O–H groups in total. The predicted octanol–water partition coefficient (Wildman–Crippen LogP) is 4.59. The second kappa shape index (κ2) is 9.71. The zero-order valence-electron chi connectivity index (χ0n) is 15.1. The third kappa shape index (κ3) is 5.15. The monoisotopic (exact) mass is 339 g/mol. The molecule has 25 heavy (non-hydrogen) atoms. The molecule has 2 aromatic carbocycles. The van der Waals surface area contributed by atoms with Crippen LogP contribution in [0.3, 0.4) is 0 Å². The molecule has 134 valence electrons. The smallest absolute Gasteiger partial charge is 0.0853 e. The first-order chi connectivity index (χ1) is 12.4. The summed E-state index contributed by atoms with van der Waals surface area (Å²) in [4.78, 5) is 0. The fourth-order valence-corrected chi connectivity index (χ4v) is 3.51. The number of methoxy groups -OCH3 is 1. The van der Waals surface area contributed by atoms with Gasteiger partial charge in [0.1, 0.15) is 0 Å². The van der Waals surface area contributed by atoms with E-state index in [2.05, 4.69) is 59.9 Å². The Morgan fingerprint density at radius 3 is 2.60 bits per heavy atom. The Balaban J connectivity index is 1.78. The molecule has 3 rings (SSSR count). The average Bonchev–Trinajstić information content (AvgIpc) is 2.70. The molecule has 0 spiro atoms. The number of ether oxygens (including phenoxy) is 2. The molecule has 2 unspecified atom stereocenters. The van der Waals surface area contributed by atoms with E-state index in [0.717, 1.165) is 19.6 Å². The summed E-state index contributed by atoms with van der Waals surface area (Å²) in [6.45, 7) is 2.57. The second-order valence-electron chi connectivity index (χ2n) is 6.70. The van der Waals surface area contributed by atoms with Crippen molar-refractivity contribution in [2.75, 3.05) is 26.9 Å². The largest absolute Gasteiger partial charge is 0.385 e. The lowest BCUT2D eigenvalue weighted by Crippen LogP contribution is -2.38. The molecular formula is C22H29NO2. The van der Waals surface area contributed by atoms with E-state index in [0.29, 0.717) is 12.6 Å². The molecule has 0 aliphatic carbocycles. The zero-order valence-corrected chi connectivity index (χ0v) is 15.1. The summed E-state index contributed by atoms with van der Waals surface area (Å²) >= 11 is 0. The lowest BCUT2D eigenvalue weighted by molar-refractivity contribution is 0.0131. The van der Waals surface area contributed by atoms with Crippen molar-refractivity contribution in [1.82, 2.24) is 5.32 Å². The van der Waals surface area contributed by atoms with Crippen LogP contribution in [0.5, 0.6) is 0 Å². The van der Waals surface area contributed by atoms with E-state index in [1.54, 1.807) is 7.11 Å². The summed E-state index contributed by atoms with van der Waals surface area (Å²) in [5.41, 5.74) is 3.74. The first-order valence-corrected chi connectivity index (χ1v) is 9.36. The van der Waals surface area contributed by atoms with Gasteiger partial charge in [0.15, 0.2) is 0 Å². The van der Waals surface area contributed by atoms with Gasteiger partial charge in [-0.15, -0.1) is 0 Å². The van der Waals surface area contributed by atoms with Crippen molar-refractivity contribution in [2.45, 2.75) is 37.8 Å². The maximum Gasteiger partial charge on any atom is 0.0853 e. The van der Waals surface area contributed by atoms with Gasteiger partial charge in [0.2, 0.25) is 0 Å². The van der Waals surface area contributed by atoms with Crippen molar-refractivity contribution in [3.8, 4) is 11.1 Å². The molecule has 1 aliphatic rings. The molecule has 0 bridgehead atoms. The third-order valence-electron chi connectivity index (χ3n) is 4.89. The minimum Gasteiger partial charge on any atom is -0.385 e. The van der Waals surface area contributed by atoms with Crippen LogP contribution in [0.15, 0.2) is 54.6 Å². The van der Waals surface area contributed by atoms with E-state index in [4.69, 9.17) is 9.47 Å². The molecule has 0 aromatic heterocycles. The Labute approximate surface area is 151 Å². The molecule has 0 radical (unpaired) electrons. The Kier molecular flexibility index (Phi) is 7.04. The topological polar surface area (TPSA) is 30.5 Å². The van der Waals surface area contributed by atoms with Crippen LogP contribution < -0.4 is 5.32 Å². The summed E-state index contributed by atoms with van der Waals surface area (Å²) in [7, 11) is 1.75. The first-order valence-electron chi connectivity index (χ1n) is 9.36. The molecule has 0 saturated carbocycles. The molecule has 1 fully saturated rings. The van der Waals surface area contributed by atoms with Crippen LogP contribution in [0.4, 0.5) is 0 Å². The highest BCUT2D eigenvalue weighted by Gasteiger charge is 2.20. The van der Waals surface area contributed by atoms with Gasteiger partial charge >= 0.3 is 0 Å². The summed E-state index contributed by atoms with van der Waals surface area (Å²) in [5.74, 6) is 0. The fraction of sp³-hybridized carbons (Fsp3) is 0.455. The van der Waals surface area contributed by atoms with E-state index in [1.165, 1.54) is 36.0 Å². The third-order valence-corrected chi connectivity index (χ3v) is 4.89. The molecule has 2 atom stereocenters. The second-order valence-corrected chi connectivity index (χ2v) is 6.70. The van der Waals surface area contributed by atoms with Crippen LogP contribution in [-0.4, -0.2) is 32.9 Å². The van der Waals surface area contributed by atoms with Gasteiger partial charge in [-0.3, -0.25) is 0 Å². The molecule has 1 saturated heterocycles. The highest BCUT2D eigenvalue weighted by atomic mass is 16.5. The average molecular weight is 339 g/mol. The number of benzene rings is 2. The minimum atomic E-state index is 0.0556. The van der Waals surface area contributed by atoms with Gasteiger partial charge in [-0.05, 0) is 36.1 Å². The van der Waals surface area contributed by atoms with E-state index < -0.39 is 0 Å². The van der Waals surface area contributed by atoms with Crippen molar-refractivity contribution in [3.63, 3.8) is 0 Å². The molecule has 1 aliphatic heterocycles. The van der Waals surface area contributed by atoms with Crippen LogP contribution in [0.2, 0.25) is 0 Å². The van der Waals surface area contributed by atoms with Gasteiger partial charge < -0.3 is 14.8 Å². The Morgan fingerprint density at radius 1 is 1.04 bits per heavy atom. The van der Waals surface area contributed by atoms with Crippen molar-refractivity contribution < 1.29 is 9.47 Å². The first kappa shape index (κ1) is 18.1. The van der Waals surface area contributed by atoms with Crippen LogP contribution in [0.1, 0.15) is 37.4 Å². The number of rotatable bonds is 8. The van der Waals surface area contributed by atoms with Gasteiger partial charge in [0.05, 0.1) is 12.7 Å². The van der Waals surface area contributed by atoms with Gasteiger partial charge in [0.25, 0.3) is 0 Å². The lowest BCUT2D eigenvalue weighted by Gasteiger charge is -2.27. The van der Waals surface area contributed by atoms with E-state index in [1.807, 2.05) is 0 Å². The summed E-state index contributed by atoms with van der Waals surface area (Å²) < 4.78 is 11.7. The van der Waals surface area contributed by atoms with Gasteiger partial charge in [-0.2, -0.15) is 0 Å². The van der Waals surface area contributed by atoms with Crippen molar-refractivity contribution >= 4 is 0 Å². The summed E-state index contributed by atoms with van der Waals surface area (Å²) in [6, 6.07) is 19.6. The zero-order chi connectivity index (χ0) is 17.3. The van der Waals surface area contributed by atoms with E-state index in [9.17, 15) is 0 Å². The standard InChI is InChI=1S/C22H29NO2/c1-24-16-14-22(25-17-19-11-7-8-15-23-19)21-13-6-5-12-20(21)18-9-3-2-4-10-18/h2-6,9-10,12-13,19,22-23H,7-8,11,14-17H2,1H3. The van der Waals surface area contributed by atoms with Crippen molar-refractivity contribution in [3.05, 3.63) is 60.2 Å². The van der Waals surface area contributed by atoms with Crippen LogP contribution in [-0.2, 0) is 9.47 Å². The maximum absolute atomic E-state index is 6.39. The number of nitrogens with one attached hydrogen (secondary N) is 1. The number of hydrogen-bond donors (Lipinski definition) is 1. The summed E-state index contributed by atoms with van der Waals surface area (Å²) in [6.07, 6.45) is 4.70. The Hall–Kier alpha value is -1.68. The van der Waals surface area contributed by atoms with Gasteiger partial charge in [-0.25, -0.2) is 0 Å². The van der Waals surface area contributed by atoms with Crippen LogP contribution in [0, 0.1) is 0 Å². The van der Waals surface area contributed by atoms with Gasteiger partial charge in [0, 0.05) is 26.2 Å². The Morgan fingerprint density at radius 2 is 1.84 bits per heavy atom. The lowest BCUT2D eigenvalue weighted by atomic mass is 9.95. The Bertz CT molecular complexity index is 623. The molecule has 0 amide bonds. The maximum atomic E-state index is 6.39. The highest BCUT2D eigenvalue weighted by molar-refractivity contribution is 5.67. The van der Waals surface area contributed by atoms with Crippen LogP contribution in [0.25, 0.3) is 11.1 Å². The van der Waals surface area contributed by atoms with Gasteiger partial charge in [-0.1, -0.05) is 61.0 Å². The number of piperidine rings is 1. The molecule has 3 nitrogen and oxygen atoms in total. The molecule has 3 heteroatoms. The quantitative estimate of drug-likeness (QED) is 0.763. The predicted molar refractivity (Wildman–Crippen MR) is 103 cm³/mol. The van der Waals surface area contributed by atoms with E-state index in [-0.39, 0.29) is 6.10 Å². The van der Waals surface area contributed by atoms with Crippen LogP contribution >= 0.6 is 0 Å². The molecular weight excluding hydrogens is 310 g/mol. The summed E-state index contributed by atoms with van der Waals surface area (Å²) in [5, 5.41) is 3.57. The van der Waals surface area contributed by atoms with Crippen molar-refractivity contribution in [2.24, 2.45) is 0 Å². The molecule has 2 aromatic rings. The fourth-order valence-electron chi connectivity index (χ4n) is 3.51. The highest BCUT2D eigenvalue weighted by Crippen LogP contribution is 2.32. The number of hydrogen-bond acceptors (Lipinski definition) is 3.